The van der Waals surface area contributed by atoms with Crippen LogP contribution in [-0.2, 0) is 28.6 Å². The molecular formula is C74H120O6. The molecule has 0 radical (unpaired) electrons. The minimum Gasteiger partial charge on any atom is -0.462 e. The van der Waals surface area contributed by atoms with E-state index in [0.717, 1.165) is 141 Å². The number of ether oxygens (including phenoxy) is 3. The monoisotopic (exact) mass is 1100 g/mol. The molecule has 0 bridgehead atoms. The number of carbonyl (C=O) groups excluding carboxylic acids is 3. The zero-order chi connectivity index (χ0) is 57.8. The number of carbonyl (C=O) groups is 3. The third-order valence-electron chi connectivity index (χ3n) is 13.6. The molecule has 80 heavy (non-hydrogen) atoms. The maximum absolute atomic E-state index is 12.8. The highest BCUT2D eigenvalue weighted by Gasteiger charge is 2.19. The van der Waals surface area contributed by atoms with Crippen molar-refractivity contribution < 1.29 is 28.6 Å². The minimum absolute atomic E-state index is 0.0912. The molecule has 6 nitrogen and oxygen atoms in total. The Balaban J connectivity index is 4.18. The van der Waals surface area contributed by atoms with Crippen LogP contribution in [0.5, 0.6) is 0 Å². The minimum atomic E-state index is -0.793. The van der Waals surface area contributed by atoms with Gasteiger partial charge in [-0.15, -0.1) is 0 Å². The molecule has 6 heteroatoms. The average molecular weight is 1110 g/mol. The number of hydrogen-bond donors (Lipinski definition) is 0. The number of rotatable bonds is 58. The van der Waals surface area contributed by atoms with Crippen molar-refractivity contribution in [3.8, 4) is 0 Å². The summed E-state index contributed by atoms with van der Waals surface area (Å²) in [5.74, 6) is -0.932. The summed E-state index contributed by atoms with van der Waals surface area (Å²) < 4.78 is 16.8. The standard InChI is InChI=1S/C74H120O6/c1-4-7-10-13-16-18-20-22-24-26-28-30-31-32-33-34-35-36-37-38-39-40-41-42-43-45-46-48-50-52-54-56-58-61-64-67-73(76)79-70-71(69-78-72(75)66-63-60-15-12-9-6-3)80-74(77)68-65-62-59-57-55-53-51-49-47-44-29-27-25-23-21-19-17-14-11-8-5-2/h7,10,16,18,21-24,27-30,32-33,35-36,38-39,41-42,45-46,50,52,71H,4-6,8-9,11-15,17,19-20,25-26,31,34,37,40,43-44,47-49,51,53-70H2,1-3H3/b10-7-,18-16-,23-21-,24-22-,29-27-,30-28-,33-32-,36-35-,39-38-,42-41-,46-45-,52-50-. The van der Waals surface area contributed by atoms with E-state index >= 15 is 0 Å². The van der Waals surface area contributed by atoms with Gasteiger partial charge in [-0.3, -0.25) is 14.4 Å². The molecule has 0 N–H and O–H groups in total. The summed E-state index contributed by atoms with van der Waals surface area (Å²) in [6, 6.07) is 0. The Morgan fingerprint density at radius 3 is 0.762 bits per heavy atom. The van der Waals surface area contributed by atoms with Crippen molar-refractivity contribution in [3.63, 3.8) is 0 Å². The maximum Gasteiger partial charge on any atom is 0.306 e. The van der Waals surface area contributed by atoms with Gasteiger partial charge in [-0.25, -0.2) is 0 Å². The van der Waals surface area contributed by atoms with Crippen LogP contribution in [0, 0.1) is 0 Å². The molecule has 0 heterocycles. The van der Waals surface area contributed by atoms with Crippen LogP contribution in [0.25, 0.3) is 0 Å². The first-order valence-electron chi connectivity index (χ1n) is 32.8. The van der Waals surface area contributed by atoms with Crippen LogP contribution in [0.2, 0.25) is 0 Å². The molecule has 0 aromatic rings. The summed E-state index contributed by atoms with van der Waals surface area (Å²) >= 11 is 0. The molecule has 0 saturated heterocycles. The molecule has 0 rings (SSSR count). The highest BCUT2D eigenvalue weighted by atomic mass is 16.6. The number of esters is 3. The highest BCUT2D eigenvalue weighted by molar-refractivity contribution is 5.71. The van der Waals surface area contributed by atoms with Gasteiger partial charge in [0.25, 0.3) is 0 Å². The van der Waals surface area contributed by atoms with E-state index in [1.807, 2.05) is 0 Å². The van der Waals surface area contributed by atoms with Gasteiger partial charge in [0, 0.05) is 19.3 Å². The molecule has 0 spiro atoms. The van der Waals surface area contributed by atoms with Gasteiger partial charge in [0.15, 0.2) is 6.10 Å². The van der Waals surface area contributed by atoms with Crippen molar-refractivity contribution in [1.82, 2.24) is 0 Å². The van der Waals surface area contributed by atoms with Crippen LogP contribution in [0.15, 0.2) is 146 Å². The molecule has 0 aromatic carbocycles. The zero-order valence-corrected chi connectivity index (χ0v) is 51.8. The Labute approximate surface area is 493 Å². The third kappa shape index (κ3) is 64.1. The topological polar surface area (TPSA) is 78.9 Å². The van der Waals surface area contributed by atoms with Crippen LogP contribution >= 0.6 is 0 Å². The molecule has 0 aliphatic carbocycles. The van der Waals surface area contributed by atoms with Crippen molar-refractivity contribution >= 4 is 17.9 Å². The van der Waals surface area contributed by atoms with Crippen LogP contribution in [0.3, 0.4) is 0 Å². The summed E-state index contributed by atoms with van der Waals surface area (Å²) in [6.45, 7) is 6.43. The molecule has 452 valence electrons. The quantitative estimate of drug-likeness (QED) is 0.0261. The Bertz CT molecular complexity index is 1750. The second-order valence-electron chi connectivity index (χ2n) is 21.3. The van der Waals surface area contributed by atoms with Crippen molar-refractivity contribution in [1.29, 1.82) is 0 Å². The van der Waals surface area contributed by atoms with Crippen LogP contribution in [0.4, 0.5) is 0 Å². The molecule has 0 aliphatic rings. The van der Waals surface area contributed by atoms with E-state index < -0.39 is 6.10 Å². The SMILES string of the molecule is CC/C=C\C/C=C\C/C=C\C/C=C\C/C=C\C/C=C\C/C=C\C/C=C\C/C=C\C/C=C\CCCCCCC(=O)OCC(COC(=O)CCCCCCCC)OC(=O)CCCCCCCCCCC/C=C\C/C=C\CCCCCCC. The summed E-state index contributed by atoms with van der Waals surface area (Å²) in [4.78, 5) is 38.0. The lowest BCUT2D eigenvalue weighted by Gasteiger charge is -2.18. The van der Waals surface area contributed by atoms with Gasteiger partial charge in [-0.1, -0.05) is 282 Å². The lowest BCUT2D eigenvalue weighted by atomic mass is 10.1. The van der Waals surface area contributed by atoms with Crippen LogP contribution in [-0.4, -0.2) is 37.2 Å². The molecule has 0 saturated carbocycles. The number of unbranched alkanes of at least 4 members (excludes halogenated alkanes) is 23. The molecule has 0 aromatic heterocycles. The smallest absolute Gasteiger partial charge is 0.306 e. The fourth-order valence-electron chi connectivity index (χ4n) is 8.68. The van der Waals surface area contributed by atoms with Gasteiger partial charge in [0.1, 0.15) is 13.2 Å². The Kier molecular flexibility index (Phi) is 62.9. The van der Waals surface area contributed by atoms with Gasteiger partial charge < -0.3 is 14.2 Å². The Hall–Kier alpha value is -4.71. The summed E-state index contributed by atoms with van der Waals surface area (Å²) in [7, 11) is 0. The first-order valence-corrected chi connectivity index (χ1v) is 32.8. The van der Waals surface area contributed by atoms with Crippen molar-refractivity contribution in [3.05, 3.63) is 146 Å². The first-order chi connectivity index (χ1) is 39.5. The van der Waals surface area contributed by atoms with Gasteiger partial charge in [0.05, 0.1) is 0 Å². The van der Waals surface area contributed by atoms with Gasteiger partial charge in [-0.05, 0) is 128 Å². The maximum atomic E-state index is 12.8. The molecule has 0 amide bonds. The molecule has 1 atom stereocenters. The summed E-state index contributed by atoms with van der Waals surface area (Å²) in [5.41, 5.74) is 0. The van der Waals surface area contributed by atoms with Gasteiger partial charge in [-0.2, -0.15) is 0 Å². The molecule has 0 aliphatic heterocycles. The summed E-state index contributed by atoms with van der Waals surface area (Å²) in [6.07, 6.45) is 96.0. The highest BCUT2D eigenvalue weighted by Crippen LogP contribution is 2.15. The largest absolute Gasteiger partial charge is 0.462 e. The molecule has 0 fully saturated rings. The van der Waals surface area contributed by atoms with Crippen molar-refractivity contribution in [2.45, 2.75) is 290 Å². The Morgan fingerprint density at radius 1 is 0.263 bits per heavy atom. The van der Waals surface area contributed by atoms with Gasteiger partial charge in [0.2, 0.25) is 0 Å². The second-order valence-corrected chi connectivity index (χ2v) is 21.3. The van der Waals surface area contributed by atoms with E-state index in [1.165, 1.54) is 103 Å². The van der Waals surface area contributed by atoms with Crippen molar-refractivity contribution in [2.24, 2.45) is 0 Å². The van der Waals surface area contributed by atoms with Crippen LogP contribution < -0.4 is 0 Å². The first kappa shape index (κ1) is 75.3. The molecule has 1 unspecified atom stereocenters. The predicted octanol–water partition coefficient (Wildman–Crippen LogP) is 22.7. The molecular weight excluding hydrogens is 985 g/mol. The zero-order valence-electron chi connectivity index (χ0n) is 51.8. The van der Waals surface area contributed by atoms with E-state index in [2.05, 4.69) is 167 Å². The lowest BCUT2D eigenvalue weighted by molar-refractivity contribution is -0.167. The van der Waals surface area contributed by atoms with Crippen LogP contribution in [0.1, 0.15) is 284 Å². The van der Waals surface area contributed by atoms with E-state index in [1.54, 1.807) is 0 Å². The Morgan fingerprint density at radius 2 is 0.487 bits per heavy atom. The van der Waals surface area contributed by atoms with E-state index in [4.69, 9.17) is 14.2 Å². The fraction of sp³-hybridized carbons (Fsp3) is 0.635. The number of allylic oxidation sites excluding steroid dienone is 24. The second kappa shape index (κ2) is 66.8. The summed E-state index contributed by atoms with van der Waals surface area (Å²) in [5, 5.41) is 0. The lowest BCUT2D eigenvalue weighted by Crippen LogP contribution is -2.30. The van der Waals surface area contributed by atoms with E-state index in [9.17, 15) is 14.4 Å². The van der Waals surface area contributed by atoms with E-state index in [-0.39, 0.29) is 31.1 Å². The fourth-order valence-corrected chi connectivity index (χ4v) is 8.68. The average Bonchev–Trinajstić information content (AvgIpc) is 3.46. The third-order valence-corrected chi connectivity index (χ3v) is 13.6. The predicted molar refractivity (Wildman–Crippen MR) is 348 cm³/mol. The van der Waals surface area contributed by atoms with E-state index in [0.29, 0.717) is 19.3 Å². The van der Waals surface area contributed by atoms with Gasteiger partial charge >= 0.3 is 17.9 Å². The number of hydrogen-bond acceptors (Lipinski definition) is 6. The normalized spacial score (nSPS) is 13.1. The van der Waals surface area contributed by atoms with Crippen molar-refractivity contribution in [2.75, 3.05) is 13.2 Å².